The van der Waals surface area contributed by atoms with E-state index in [2.05, 4.69) is 4.98 Å². The van der Waals surface area contributed by atoms with Crippen LogP contribution in [0.5, 0.6) is 5.88 Å². The molecule has 1 amide bonds. The SMILES string of the molecule is CC[C@H](N)C(=O)N1CCC(Oc2ccc(F)cn2)CC1. The first-order valence-electron chi connectivity index (χ1n) is 6.92. The fourth-order valence-corrected chi connectivity index (χ4v) is 2.21. The zero-order valence-electron chi connectivity index (χ0n) is 11.6. The number of nitrogens with two attached hydrogens (primary N) is 1. The number of piperidine rings is 1. The third-order valence-electron chi connectivity index (χ3n) is 3.50. The lowest BCUT2D eigenvalue weighted by Crippen LogP contribution is -2.48. The molecular formula is C14H20FN3O2. The van der Waals surface area contributed by atoms with E-state index in [9.17, 15) is 9.18 Å². The van der Waals surface area contributed by atoms with E-state index < -0.39 is 6.04 Å². The molecule has 1 aliphatic rings. The van der Waals surface area contributed by atoms with Crippen LogP contribution in [0.1, 0.15) is 26.2 Å². The van der Waals surface area contributed by atoms with Gasteiger partial charge in [-0.1, -0.05) is 6.92 Å². The first kappa shape index (κ1) is 14.7. The topological polar surface area (TPSA) is 68.5 Å². The molecular weight excluding hydrogens is 261 g/mol. The van der Waals surface area contributed by atoms with Crippen LogP contribution in [0.4, 0.5) is 4.39 Å². The molecule has 2 N–H and O–H groups in total. The molecule has 0 spiro atoms. The minimum absolute atomic E-state index is 0.00542. The van der Waals surface area contributed by atoms with Gasteiger partial charge in [0.25, 0.3) is 0 Å². The number of hydrogen-bond acceptors (Lipinski definition) is 4. The van der Waals surface area contributed by atoms with Crippen molar-refractivity contribution in [1.82, 2.24) is 9.88 Å². The molecule has 1 aliphatic heterocycles. The standard InChI is InChI=1S/C14H20FN3O2/c1-2-12(16)14(19)18-7-5-11(6-8-18)20-13-4-3-10(15)9-17-13/h3-4,9,11-12H,2,5-8,16H2,1H3/t12-/m0/s1. The third kappa shape index (κ3) is 3.66. The number of carbonyl (C=O) groups excluding carboxylic acids is 1. The second-order valence-corrected chi connectivity index (χ2v) is 4.97. The van der Waals surface area contributed by atoms with Crippen molar-refractivity contribution in [3.8, 4) is 5.88 Å². The molecule has 1 aromatic rings. The number of rotatable bonds is 4. The predicted molar refractivity (Wildman–Crippen MR) is 72.7 cm³/mol. The lowest BCUT2D eigenvalue weighted by atomic mass is 10.1. The molecule has 1 fully saturated rings. The van der Waals surface area contributed by atoms with E-state index in [1.54, 1.807) is 4.90 Å². The minimum atomic E-state index is -0.411. The molecule has 2 rings (SSSR count). The van der Waals surface area contributed by atoms with Gasteiger partial charge < -0.3 is 15.4 Å². The summed E-state index contributed by atoms with van der Waals surface area (Å²) in [6.45, 7) is 3.18. The van der Waals surface area contributed by atoms with Crippen LogP contribution in [0.15, 0.2) is 18.3 Å². The van der Waals surface area contributed by atoms with E-state index in [-0.39, 0.29) is 17.8 Å². The van der Waals surface area contributed by atoms with Crippen molar-refractivity contribution in [3.05, 3.63) is 24.1 Å². The van der Waals surface area contributed by atoms with E-state index in [0.717, 1.165) is 19.0 Å². The van der Waals surface area contributed by atoms with Gasteiger partial charge in [0.1, 0.15) is 11.9 Å². The molecule has 0 aliphatic carbocycles. The van der Waals surface area contributed by atoms with Gasteiger partial charge in [0.05, 0.1) is 12.2 Å². The fraction of sp³-hybridized carbons (Fsp3) is 0.571. The Hall–Kier alpha value is -1.69. The molecule has 0 aromatic carbocycles. The number of ether oxygens (including phenoxy) is 1. The highest BCUT2D eigenvalue weighted by Gasteiger charge is 2.26. The summed E-state index contributed by atoms with van der Waals surface area (Å²) in [4.78, 5) is 17.6. The Labute approximate surface area is 117 Å². The third-order valence-corrected chi connectivity index (χ3v) is 3.50. The molecule has 1 saturated heterocycles. The molecule has 0 radical (unpaired) electrons. The van der Waals surface area contributed by atoms with E-state index >= 15 is 0 Å². The molecule has 1 atom stereocenters. The maximum atomic E-state index is 12.7. The van der Waals surface area contributed by atoms with Crippen LogP contribution < -0.4 is 10.5 Å². The lowest BCUT2D eigenvalue weighted by molar-refractivity contribution is -0.134. The van der Waals surface area contributed by atoms with Crippen molar-refractivity contribution in [3.63, 3.8) is 0 Å². The van der Waals surface area contributed by atoms with Crippen molar-refractivity contribution < 1.29 is 13.9 Å². The highest BCUT2D eigenvalue weighted by molar-refractivity contribution is 5.81. The van der Waals surface area contributed by atoms with Crippen molar-refractivity contribution in [2.24, 2.45) is 5.73 Å². The van der Waals surface area contributed by atoms with Crippen LogP contribution in [-0.2, 0) is 4.79 Å². The van der Waals surface area contributed by atoms with E-state index in [4.69, 9.17) is 10.5 Å². The number of hydrogen-bond donors (Lipinski definition) is 1. The maximum Gasteiger partial charge on any atom is 0.239 e. The Morgan fingerprint density at radius 3 is 2.80 bits per heavy atom. The molecule has 0 bridgehead atoms. The molecule has 0 saturated carbocycles. The molecule has 5 nitrogen and oxygen atoms in total. The van der Waals surface area contributed by atoms with Crippen molar-refractivity contribution in [2.75, 3.05) is 13.1 Å². The van der Waals surface area contributed by atoms with Crippen LogP contribution in [0.2, 0.25) is 0 Å². The van der Waals surface area contributed by atoms with Gasteiger partial charge in [-0.05, 0) is 12.5 Å². The van der Waals surface area contributed by atoms with Gasteiger partial charge in [0.15, 0.2) is 0 Å². The Bertz CT molecular complexity index is 444. The van der Waals surface area contributed by atoms with Gasteiger partial charge in [0.2, 0.25) is 11.8 Å². The van der Waals surface area contributed by atoms with E-state index in [1.807, 2.05) is 6.92 Å². The Morgan fingerprint density at radius 1 is 1.55 bits per heavy atom. The molecule has 0 unspecified atom stereocenters. The van der Waals surface area contributed by atoms with Crippen LogP contribution in [0, 0.1) is 5.82 Å². The van der Waals surface area contributed by atoms with Crippen molar-refractivity contribution in [1.29, 1.82) is 0 Å². The van der Waals surface area contributed by atoms with Crippen LogP contribution in [0.3, 0.4) is 0 Å². The summed E-state index contributed by atoms with van der Waals surface area (Å²) in [5.41, 5.74) is 5.75. The van der Waals surface area contributed by atoms with Crippen LogP contribution in [0.25, 0.3) is 0 Å². The summed E-state index contributed by atoms with van der Waals surface area (Å²) in [6, 6.07) is 2.42. The monoisotopic (exact) mass is 281 g/mol. The Balaban J connectivity index is 1.82. The fourth-order valence-electron chi connectivity index (χ4n) is 2.21. The molecule has 1 aromatic heterocycles. The predicted octanol–water partition coefficient (Wildman–Crippen LogP) is 1.33. The second-order valence-electron chi connectivity index (χ2n) is 4.97. The number of halogens is 1. The molecule has 20 heavy (non-hydrogen) atoms. The number of carbonyl (C=O) groups is 1. The normalized spacial score (nSPS) is 17.9. The molecule has 110 valence electrons. The van der Waals surface area contributed by atoms with Gasteiger partial charge in [-0.25, -0.2) is 9.37 Å². The summed E-state index contributed by atoms with van der Waals surface area (Å²) in [6.07, 6.45) is 3.26. The number of nitrogens with zero attached hydrogens (tertiary/aromatic N) is 2. The summed E-state index contributed by atoms with van der Waals surface area (Å²) in [7, 11) is 0. The lowest BCUT2D eigenvalue weighted by Gasteiger charge is -2.33. The zero-order valence-corrected chi connectivity index (χ0v) is 11.6. The van der Waals surface area contributed by atoms with E-state index in [0.29, 0.717) is 25.4 Å². The van der Waals surface area contributed by atoms with Crippen molar-refractivity contribution in [2.45, 2.75) is 38.3 Å². The zero-order chi connectivity index (χ0) is 14.5. The maximum absolute atomic E-state index is 12.7. The molecule has 2 heterocycles. The largest absolute Gasteiger partial charge is 0.474 e. The first-order chi connectivity index (χ1) is 9.60. The quantitative estimate of drug-likeness (QED) is 0.904. The van der Waals surface area contributed by atoms with Crippen LogP contribution >= 0.6 is 0 Å². The van der Waals surface area contributed by atoms with Gasteiger partial charge >= 0.3 is 0 Å². The van der Waals surface area contributed by atoms with E-state index in [1.165, 1.54) is 12.1 Å². The smallest absolute Gasteiger partial charge is 0.239 e. The minimum Gasteiger partial charge on any atom is -0.474 e. The Kier molecular flexibility index (Phi) is 4.89. The highest BCUT2D eigenvalue weighted by Crippen LogP contribution is 2.18. The van der Waals surface area contributed by atoms with Gasteiger partial charge in [-0.15, -0.1) is 0 Å². The number of likely N-dealkylation sites (tertiary alicyclic amines) is 1. The number of pyridine rings is 1. The number of amides is 1. The van der Waals surface area contributed by atoms with Gasteiger partial charge in [-0.2, -0.15) is 0 Å². The van der Waals surface area contributed by atoms with Gasteiger partial charge in [0, 0.05) is 32.0 Å². The summed E-state index contributed by atoms with van der Waals surface area (Å²) >= 11 is 0. The summed E-state index contributed by atoms with van der Waals surface area (Å²) < 4.78 is 18.4. The first-order valence-corrected chi connectivity index (χ1v) is 6.92. The number of aromatic nitrogens is 1. The summed E-state index contributed by atoms with van der Waals surface area (Å²) in [5, 5.41) is 0. The summed E-state index contributed by atoms with van der Waals surface area (Å²) in [5.74, 6) is 0.0404. The molecule has 6 heteroatoms. The highest BCUT2D eigenvalue weighted by atomic mass is 19.1. The van der Waals surface area contributed by atoms with Crippen LogP contribution in [-0.4, -0.2) is 41.0 Å². The average molecular weight is 281 g/mol. The Morgan fingerprint density at radius 2 is 2.25 bits per heavy atom. The van der Waals surface area contributed by atoms with Gasteiger partial charge in [-0.3, -0.25) is 4.79 Å². The average Bonchev–Trinajstić information content (AvgIpc) is 2.49. The van der Waals surface area contributed by atoms with Crippen molar-refractivity contribution >= 4 is 5.91 Å². The second kappa shape index (κ2) is 6.65.